The number of carbonyl (C=O) groups excluding carboxylic acids is 1. The highest BCUT2D eigenvalue weighted by molar-refractivity contribution is 5.74. The summed E-state index contributed by atoms with van der Waals surface area (Å²) in [4.78, 5) is 18.6. The summed E-state index contributed by atoms with van der Waals surface area (Å²) in [6.45, 7) is 14.3. The van der Waals surface area contributed by atoms with Gasteiger partial charge in [-0.3, -0.25) is 0 Å². The predicted octanol–water partition coefficient (Wildman–Crippen LogP) is 3.80. The lowest BCUT2D eigenvalue weighted by Crippen LogP contribution is -2.42. The Morgan fingerprint density at radius 3 is 2.44 bits per heavy atom. The normalized spacial score (nSPS) is 11.0. The first kappa shape index (κ1) is 19.0. The molecular weight excluding hydrogens is 312 g/mol. The van der Waals surface area contributed by atoms with Crippen molar-refractivity contribution in [2.24, 2.45) is 0 Å². The van der Waals surface area contributed by atoms with E-state index in [1.165, 1.54) is 22.3 Å². The van der Waals surface area contributed by atoms with Gasteiger partial charge < -0.3 is 14.8 Å². The van der Waals surface area contributed by atoms with Crippen molar-refractivity contribution in [1.82, 2.24) is 19.8 Å². The van der Waals surface area contributed by atoms with Gasteiger partial charge in [0, 0.05) is 31.5 Å². The van der Waals surface area contributed by atoms with Crippen LogP contribution < -0.4 is 5.32 Å². The fraction of sp³-hybridized carbons (Fsp3) is 0.500. The zero-order chi connectivity index (χ0) is 18.6. The number of nitrogens with zero attached hydrogens (tertiary/aromatic N) is 3. The molecular formula is C20H30N4O. The molecule has 25 heavy (non-hydrogen) atoms. The molecule has 1 heterocycles. The molecule has 0 unspecified atom stereocenters. The summed E-state index contributed by atoms with van der Waals surface area (Å²) in [5.74, 6) is 0.903. The lowest BCUT2D eigenvalue weighted by atomic mass is 10.00. The van der Waals surface area contributed by atoms with E-state index in [4.69, 9.17) is 0 Å². The summed E-state index contributed by atoms with van der Waals surface area (Å²) in [7, 11) is 0. The first-order valence-corrected chi connectivity index (χ1v) is 8.94. The van der Waals surface area contributed by atoms with E-state index in [2.05, 4.69) is 47.8 Å². The van der Waals surface area contributed by atoms with Crippen molar-refractivity contribution in [2.75, 3.05) is 6.54 Å². The Bertz CT molecular complexity index is 710. The van der Waals surface area contributed by atoms with Gasteiger partial charge in [-0.1, -0.05) is 17.7 Å². The van der Waals surface area contributed by atoms with Gasteiger partial charge in [0.2, 0.25) is 0 Å². The third-order valence-electron chi connectivity index (χ3n) is 4.38. The molecule has 1 aromatic heterocycles. The van der Waals surface area contributed by atoms with Crippen LogP contribution in [0.25, 0.3) is 0 Å². The van der Waals surface area contributed by atoms with Crippen molar-refractivity contribution in [3.8, 4) is 0 Å². The van der Waals surface area contributed by atoms with Gasteiger partial charge in [-0.05, 0) is 58.2 Å². The van der Waals surface area contributed by atoms with Crippen LogP contribution in [0.5, 0.6) is 0 Å². The standard InChI is InChI=1S/C20H30N4O/c1-7-23(20(25)22-14(2)3)13-19-21-8-9-24(19)12-18-16(5)10-15(4)11-17(18)6/h8-11,14H,7,12-13H2,1-6H3,(H,22,25). The molecule has 5 heteroatoms. The molecule has 2 rings (SSSR count). The molecule has 2 amide bonds. The number of hydrogen-bond acceptors (Lipinski definition) is 2. The third-order valence-corrected chi connectivity index (χ3v) is 4.38. The zero-order valence-electron chi connectivity index (χ0n) is 16.3. The minimum Gasteiger partial charge on any atom is -0.336 e. The monoisotopic (exact) mass is 342 g/mol. The van der Waals surface area contributed by atoms with Gasteiger partial charge in [0.1, 0.15) is 5.82 Å². The van der Waals surface area contributed by atoms with Crippen LogP contribution in [0.4, 0.5) is 4.79 Å². The Labute approximate surface area is 151 Å². The highest BCUT2D eigenvalue weighted by Gasteiger charge is 2.16. The average molecular weight is 342 g/mol. The quantitative estimate of drug-likeness (QED) is 0.868. The molecule has 0 saturated heterocycles. The minimum atomic E-state index is -0.0465. The lowest BCUT2D eigenvalue weighted by Gasteiger charge is -2.23. The molecule has 1 N–H and O–H groups in total. The zero-order valence-corrected chi connectivity index (χ0v) is 16.3. The molecule has 0 aliphatic rings. The number of amides is 2. The molecule has 2 aromatic rings. The minimum absolute atomic E-state index is 0.0465. The number of aromatic nitrogens is 2. The predicted molar refractivity (Wildman–Crippen MR) is 102 cm³/mol. The SMILES string of the molecule is CCN(Cc1nccn1Cc1c(C)cc(C)cc1C)C(=O)NC(C)C. The number of benzene rings is 1. The summed E-state index contributed by atoms with van der Waals surface area (Å²) in [6.07, 6.45) is 3.80. The van der Waals surface area contributed by atoms with E-state index in [-0.39, 0.29) is 12.1 Å². The van der Waals surface area contributed by atoms with E-state index in [1.807, 2.05) is 33.2 Å². The third kappa shape index (κ3) is 4.84. The summed E-state index contributed by atoms with van der Waals surface area (Å²) >= 11 is 0. The van der Waals surface area contributed by atoms with Gasteiger partial charge in [0.15, 0.2) is 0 Å². The molecule has 1 aromatic carbocycles. The molecule has 0 bridgehead atoms. The van der Waals surface area contributed by atoms with E-state index >= 15 is 0 Å². The summed E-state index contributed by atoms with van der Waals surface area (Å²) < 4.78 is 2.13. The molecule has 0 fully saturated rings. The molecule has 0 aliphatic carbocycles. The number of urea groups is 1. The number of rotatable bonds is 6. The van der Waals surface area contributed by atoms with Crippen LogP contribution in [0.3, 0.4) is 0 Å². The van der Waals surface area contributed by atoms with Crippen molar-refractivity contribution in [3.05, 3.63) is 52.6 Å². The van der Waals surface area contributed by atoms with Gasteiger partial charge in [0.25, 0.3) is 0 Å². The molecule has 136 valence electrons. The van der Waals surface area contributed by atoms with Gasteiger partial charge in [-0.15, -0.1) is 0 Å². The van der Waals surface area contributed by atoms with Crippen LogP contribution in [0, 0.1) is 20.8 Å². The molecule has 5 nitrogen and oxygen atoms in total. The highest BCUT2D eigenvalue weighted by Crippen LogP contribution is 2.18. The molecule has 0 saturated carbocycles. The van der Waals surface area contributed by atoms with Crippen LogP contribution in [-0.2, 0) is 13.1 Å². The van der Waals surface area contributed by atoms with Crippen LogP contribution in [0.15, 0.2) is 24.5 Å². The van der Waals surface area contributed by atoms with E-state index in [0.717, 1.165) is 12.4 Å². The maximum absolute atomic E-state index is 12.3. The largest absolute Gasteiger partial charge is 0.336 e. The van der Waals surface area contributed by atoms with Gasteiger partial charge in [-0.25, -0.2) is 9.78 Å². The van der Waals surface area contributed by atoms with Crippen LogP contribution >= 0.6 is 0 Å². The van der Waals surface area contributed by atoms with Crippen molar-refractivity contribution in [3.63, 3.8) is 0 Å². The first-order valence-electron chi connectivity index (χ1n) is 8.94. The number of nitrogens with one attached hydrogen (secondary N) is 1. The van der Waals surface area contributed by atoms with Crippen molar-refractivity contribution in [2.45, 2.75) is 60.7 Å². The number of imidazole rings is 1. The Morgan fingerprint density at radius 2 is 1.88 bits per heavy atom. The van der Waals surface area contributed by atoms with E-state index < -0.39 is 0 Å². The fourth-order valence-corrected chi connectivity index (χ4v) is 3.10. The topological polar surface area (TPSA) is 50.2 Å². The Balaban J connectivity index is 2.19. The van der Waals surface area contributed by atoms with Gasteiger partial charge in [-0.2, -0.15) is 0 Å². The van der Waals surface area contributed by atoms with Crippen molar-refractivity contribution >= 4 is 6.03 Å². The number of aryl methyl sites for hydroxylation is 3. The lowest BCUT2D eigenvalue weighted by molar-refractivity contribution is 0.193. The fourth-order valence-electron chi connectivity index (χ4n) is 3.10. The van der Waals surface area contributed by atoms with Crippen LogP contribution in [-0.4, -0.2) is 33.1 Å². The van der Waals surface area contributed by atoms with E-state index in [9.17, 15) is 4.79 Å². The molecule has 0 aliphatic heterocycles. The number of carbonyl (C=O) groups is 1. The van der Waals surface area contributed by atoms with E-state index in [0.29, 0.717) is 13.1 Å². The second-order valence-corrected chi connectivity index (χ2v) is 6.97. The molecule has 0 radical (unpaired) electrons. The van der Waals surface area contributed by atoms with Crippen LogP contribution in [0.1, 0.15) is 48.8 Å². The van der Waals surface area contributed by atoms with Gasteiger partial charge in [0.05, 0.1) is 6.54 Å². The van der Waals surface area contributed by atoms with Crippen molar-refractivity contribution in [1.29, 1.82) is 0 Å². The summed E-state index contributed by atoms with van der Waals surface area (Å²) in [5.41, 5.74) is 5.19. The summed E-state index contributed by atoms with van der Waals surface area (Å²) in [6, 6.07) is 4.51. The first-order chi connectivity index (χ1) is 11.8. The van der Waals surface area contributed by atoms with Gasteiger partial charge >= 0.3 is 6.03 Å². The average Bonchev–Trinajstić information content (AvgIpc) is 2.94. The van der Waals surface area contributed by atoms with Crippen LogP contribution in [0.2, 0.25) is 0 Å². The molecule has 0 atom stereocenters. The Hall–Kier alpha value is -2.30. The van der Waals surface area contributed by atoms with E-state index in [1.54, 1.807) is 4.90 Å². The molecule has 0 spiro atoms. The highest BCUT2D eigenvalue weighted by atomic mass is 16.2. The smallest absolute Gasteiger partial charge is 0.317 e. The van der Waals surface area contributed by atoms with Crippen molar-refractivity contribution < 1.29 is 4.79 Å². The Kier molecular flexibility index (Phi) is 6.23. The summed E-state index contributed by atoms with van der Waals surface area (Å²) in [5, 5.41) is 2.95. The second-order valence-electron chi connectivity index (χ2n) is 6.97. The maximum atomic E-state index is 12.3. The number of hydrogen-bond donors (Lipinski definition) is 1. The maximum Gasteiger partial charge on any atom is 0.317 e. The Morgan fingerprint density at radius 1 is 1.24 bits per heavy atom. The second kappa shape index (κ2) is 8.19.